The summed E-state index contributed by atoms with van der Waals surface area (Å²) in [5.74, 6) is -0.546. The van der Waals surface area contributed by atoms with Crippen molar-refractivity contribution in [1.29, 1.82) is 0 Å². The highest BCUT2D eigenvalue weighted by Gasteiger charge is 2.36. The Balaban J connectivity index is 2.42. The van der Waals surface area contributed by atoms with Gasteiger partial charge in [0.25, 0.3) is 0 Å². The van der Waals surface area contributed by atoms with E-state index in [-0.39, 0.29) is 24.0 Å². The SMILES string of the molecule is CCOC(=O)C(=NOC)c1ccccc1C1OC(C)CC(C)(C)O1. The second kappa shape index (κ2) is 7.77. The van der Waals surface area contributed by atoms with Crippen LogP contribution in [0.15, 0.2) is 29.4 Å². The standard InChI is InChI=1S/C18H25NO5/c1-6-22-16(20)15(19-21-5)13-9-7-8-10-14(13)17-23-12(2)11-18(3,4)24-17/h7-10,12,17H,6,11H2,1-5H3. The summed E-state index contributed by atoms with van der Waals surface area (Å²) in [7, 11) is 1.39. The number of hydrogen-bond donors (Lipinski definition) is 0. The van der Waals surface area contributed by atoms with Crippen LogP contribution >= 0.6 is 0 Å². The third-order valence-electron chi connectivity index (χ3n) is 3.68. The molecular weight excluding hydrogens is 310 g/mol. The number of nitrogens with zero attached hydrogens (tertiary/aromatic N) is 1. The van der Waals surface area contributed by atoms with Crippen molar-refractivity contribution in [3.63, 3.8) is 0 Å². The van der Waals surface area contributed by atoms with Gasteiger partial charge in [-0.25, -0.2) is 4.79 Å². The molecule has 6 nitrogen and oxygen atoms in total. The van der Waals surface area contributed by atoms with Crippen LogP contribution in [0.2, 0.25) is 0 Å². The van der Waals surface area contributed by atoms with E-state index < -0.39 is 12.3 Å². The molecule has 2 atom stereocenters. The van der Waals surface area contributed by atoms with Gasteiger partial charge in [-0.3, -0.25) is 0 Å². The third-order valence-corrected chi connectivity index (χ3v) is 3.68. The first kappa shape index (κ1) is 18.4. The first-order chi connectivity index (χ1) is 11.4. The molecule has 24 heavy (non-hydrogen) atoms. The molecule has 2 unspecified atom stereocenters. The maximum atomic E-state index is 12.2. The molecule has 1 aromatic carbocycles. The van der Waals surface area contributed by atoms with Crippen LogP contribution in [0.4, 0.5) is 0 Å². The minimum atomic E-state index is -0.587. The van der Waals surface area contributed by atoms with E-state index in [1.54, 1.807) is 13.0 Å². The van der Waals surface area contributed by atoms with Crippen molar-refractivity contribution in [1.82, 2.24) is 0 Å². The quantitative estimate of drug-likeness (QED) is 0.470. The van der Waals surface area contributed by atoms with E-state index in [2.05, 4.69) is 5.16 Å². The Morgan fingerprint density at radius 3 is 2.71 bits per heavy atom. The van der Waals surface area contributed by atoms with Gasteiger partial charge in [-0.2, -0.15) is 0 Å². The molecule has 0 N–H and O–H groups in total. The molecule has 0 spiro atoms. The number of benzene rings is 1. The zero-order valence-electron chi connectivity index (χ0n) is 14.9. The molecule has 0 aliphatic carbocycles. The molecule has 0 aromatic heterocycles. The maximum absolute atomic E-state index is 12.2. The van der Waals surface area contributed by atoms with Crippen LogP contribution < -0.4 is 0 Å². The molecule has 1 aromatic rings. The second-order valence-corrected chi connectivity index (χ2v) is 6.29. The fourth-order valence-corrected chi connectivity index (χ4v) is 2.86. The lowest BCUT2D eigenvalue weighted by Crippen LogP contribution is -2.39. The number of esters is 1. The summed E-state index contributed by atoms with van der Waals surface area (Å²) in [5, 5.41) is 3.85. The van der Waals surface area contributed by atoms with Crippen LogP contribution in [0.5, 0.6) is 0 Å². The molecule has 0 radical (unpaired) electrons. The van der Waals surface area contributed by atoms with Gasteiger partial charge in [0.05, 0.1) is 18.3 Å². The zero-order valence-corrected chi connectivity index (χ0v) is 14.9. The van der Waals surface area contributed by atoms with E-state index in [4.69, 9.17) is 19.0 Å². The van der Waals surface area contributed by atoms with Crippen LogP contribution in [0.3, 0.4) is 0 Å². The van der Waals surface area contributed by atoms with E-state index in [0.29, 0.717) is 5.56 Å². The first-order valence-corrected chi connectivity index (χ1v) is 8.08. The van der Waals surface area contributed by atoms with Crippen molar-refractivity contribution in [3.05, 3.63) is 35.4 Å². The van der Waals surface area contributed by atoms with E-state index in [9.17, 15) is 4.79 Å². The summed E-state index contributed by atoms with van der Waals surface area (Å²) >= 11 is 0. The molecule has 0 bridgehead atoms. The Morgan fingerprint density at radius 2 is 2.08 bits per heavy atom. The van der Waals surface area contributed by atoms with Gasteiger partial charge in [-0.1, -0.05) is 29.4 Å². The van der Waals surface area contributed by atoms with Crippen LogP contribution in [0.1, 0.15) is 51.5 Å². The van der Waals surface area contributed by atoms with Crippen molar-refractivity contribution in [2.45, 2.75) is 52.1 Å². The lowest BCUT2D eigenvalue weighted by molar-refractivity contribution is -0.273. The van der Waals surface area contributed by atoms with Gasteiger partial charge in [0.2, 0.25) is 0 Å². The summed E-state index contributed by atoms with van der Waals surface area (Å²) in [4.78, 5) is 17.1. The molecule has 132 valence electrons. The minimum absolute atomic E-state index is 0.0391. The van der Waals surface area contributed by atoms with Crippen molar-refractivity contribution >= 4 is 11.7 Å². The maximum Gasteiger partial charge on any atom is 0.361 e. The Hall–Kier alpha value is -1.92. The average Bonchev–Trinajstić information content (AvgIpc) is 2.51. The van der Waals surface area contributed by atoms with Crippen LogP contribution in [-0.4, -0.2) is 37.1 Å². The normalized spacial score (nSPS) is 23.6. The number of rotatable bonds is 5. The zero-order chi connectivity index (χ0) is 17.7. The van der Waals surface area contributed by atoms with Crippen molar-refractivity contribution in [2.75, 3.05) is 13.7 Å². The van der Waals surface area contributed by atoms with E-state index in [1.807, 2.05) is 39.0 Å². The fraction of sp³-hybridized carbons (Fsp3) is 0.556. The fourth-order valence-electron chi connectivity index (χ4n) is 2.86. The van der Waals surface area contributed by atoms with Crippen LogP contribution in [0, 0.1) is 0 Å². The van der Waals surface area contributed by atoms with E-state index in [0.717, 1.165) is 12.0 Å². The van der Waals surface area contributed by atoms with E-state index in [1.165, 1.54) is 7.11 Å². The highest BCUT2D eigenvalue weighted by Crippen LogP contribution is 2.37. The summed E-state index contributed by atoms with van der Waals surface area (Å²) in [6.45, 7) is 8.06. The second-order valence-electron chi connectivity index (χ2n) is 6.29. The summed E-state index contributed by atoms with van der Waals surface area (Å²) < 4.78 is 17.1. The van der Waals surface area contributed by atoms with Gasteiger partial charge < -0.3 is 19.0 Å². The molecule has 1 saturated heterocycles. The van der Waals surface area contributed by atoms with Gasteiger partial charge in [-0.05, 0) is 27.7 Å². The lowest BCUT2D eigenvalue weighted by atomic mass is 9.97. The van der Waals surface area contributed by atoms with Crippen molar-refractivity contribution in [2.24, 2.45) is 5.16 Å². The smallest absolute Gasteiger partial charge is 0.361 e. The first-order valence-electron chi connectivity index (χ1n) is 8.08. The highest BCUT2D eigenvalue weighted by atomic mass is 16.7. The minimum Gasteiger partial charge on any atom is -0.461 e. The van der Waals surface area contributed by atoms with Gasteiger partial charge in [-0.15, -0.1) is 0 Å². The summed E-state index contributed by atoms with van der Waals surface area (Å²) in [6.07, 6.45) is 0.247. The molecule has 1 fully saturated rings. The number of ether oxygens (including phenoxy) is 3. The Morgan fingerprint density at radius 1 is 1.38 bits per heavy atom. The number of carbonyl (C=O) groups excluding carboxylic acids is 1. The lowest BCUT2D eigenvalue weighted by Gasteiger charge is -2.40. The Bertz CT molecular complexity index is 611. The van der Waals surface area contributed by atoms with Crippen molar-refractivity contribution in [3.8, 4) is 0 Å². The van der Waals surface area contributed by atoms with Gasteiger partial charge in [0.1, 0.15) is 7.11 Å². The molecular formula is C18H25NO5. The number of carbonyl (C=O) groups is 1. The van der Waals surface area contributed by atoms with Gasteiger partial charge >= 0.3 is 5.97 Å². The largest absolute Gasteiger partial charge is 0.461 e. The average molecular weight is 335 g/mol. The molecule has 2 rings (SSSR count). The van der Waals surface area contributed by atoms with Crippen LogP contribution in [0.25, 0.3) is 0 Å². The third kappa shape index (κ3) is 4.33. The van der Waals surface area contributed by atoms with Gasteiger partial charge in [0.15, 0.2) is 12.0 Å². The van der Waals surface area contributed by atoms with E-state index >= 15 is 0 Å². The molecule has 6 heteroatoms. The monoisotopic (exact) mass is 335 g/mol. The Labute approximate surface area is 142 Å². The molecule has 0 saturated carbocycles. The summed E-state index contributed by atoms with van der Waals surface area (Å²) in [5.41, 5.74) is 1.07. The number of hydrogen-bond acceptors (Lipinski definition) is 6. The Kier molecular flexibility index (Phi) is 5.96. The molecule has 0 amide bonds. The van der Waals surface area contributed by atoms with Crippen molar-refractivity contribution < 1.29 is 23.8 Å². The van der Waals surface area contributed by atoms with Gasteiger partial charge in [0, 0.05) is 17.5 Å². The van der Waals surface area contributed by atoms with Crippen LogP contribution in [-0.2, 0) is 23.8 Å². The molecule has 1 aliphatic rings. The topological polar surface area (TPSA) is 66.4 Å². The molecule has 1 aliphatic heterocycles. The predicted molar refractivity (Wildman–Crippen MR) is 89.7 cm³/mol. The summed E-state index contributed by atoms with van der Waals surface area (Å²) in [6, 6.07) is 7.33. The highest BCUT2D eigenvalue weighted by molar-refractivity contribution is 6.43. The number of oxime groups is 1. The molecule has 1 heterocycles. The predicted octanol–water partition coefficient (Wildman–Crippen LogP) is 3.20.